The summed E-state index contributed by atoms with van der Waals surface area (Å²) >= 11 is 0. The Kier molecular flexibility index (Phi) is 9.51. The highest BCUT2D eigenvalue weighted by molar-refractivity contribution is 5.83. The number of esters is 1. The van der Waals surface area contributed by atoms with Gasteiger partial charge >= 0.3 is 5.97 Å². The number of hydrazine groups is 1. The molecule has 0 aliphatic carbocycles. The van der Waals surface area contributed by atoms with Crippen molar-refractivity contribution in [1.82, 2.24) is 15.8 Å². The first kappa shape index (κ1) is 24.1. The van der Waals surface area contributed by atoms with Crippen LogP contribution < -0.4 is 16.5 Å². The lowest BCUT2D eigenvalue weighted by atomic mass is 10.0. The molecule has 9 nitrogen and oxygen atoms in total. The highest BCUT2D eigenvalue weighted by Crippen LogP contribution is 2.15. The molecule has 0 saturated carbocycles. The zero-order valence-electron chi connectivity index (χ0n) is 18.0. The van der Waals surface area contributed by atoms with E-state index in [4.69, 9.17) is 15.2 Å². The Bertz CT molecular complexity index is 700. The number of aromatic hydroxyl groups is 1. The predicted octanol–water partition coefficient (Wildman–Crippen LogP) is 0.519. The van der Waals surface area contributed by atoms with E-state index in [0.29, 0.717) is 38.3 Å². The van der Waals surface area contributed by atoms with E-state index >= 15 is 0 Å². The van der Waals surface area contributed by atoms with Gasteiger partial charge in [0.25, 0.3) is 5.91 Å². The van der Waals surface area contributed by atoms with E-state index in [9.17, 15) is 14.7 Å². The summed E-state index contributed by atoms with van der Waals surface area (Å²) in [5.74, 6) is -0.165. The summed E-state index contributed by atoms with van der Waals surface area (Å²) in [5, 5.41) is 14.3. The molecule has 5 N–H and O–H groups in total. The molecule has 1 aromatic carbocycles. The van der Waals surface area contributed by atoms with Gasteiger partial charge in [-0.1, -0.05) is 26.0 Å². The lowest BCUT2D eigenvalue weighted by molar-refractivity contribution is -0.150. The number of ether oxygens (including phenoxy) is 2. The number of hydrogen-bond donors (Lipinski definition) is 4. The van der Waals surface area contributed by atoms with Gasteiger partial charge in [0.05, 0.1) is 26.5 Å². The maximum Gasteiger partial charge on any atom is 0.324 e. The minimum absolute atomic E-state index is 0.0865. The van der Waals surface area contributed by atoms with E-state index in [2.05, 4.69) is 10.7 Å². The molecule has 1 saturated heterocycles. The molecule has 0 radical (unpaired) electrons. The lowest BCUT2D eigenvalue weighted by Gasteiger charge is -2.35. The van der Waals surface area contributed by atoms with Crippen LogP contribution in [0.3, 0.4) is 0 Å². The van der Waals surface area contributed by atoms with Gasteiger partial charge in [0.2, 0.25) is 0 Å². The van der Waals surface area contributed by atoms with Crippen LogP contribution in [0.1, 0.15) is 32.3 Å². The molecule has 2 rings (SSSR count). The molecule has 168 valence electrons. The van der Waals surface area contributed by atoms with Crippen molar-refractivity contribution >= 4 is 11.9 Å². The number of phenolic OH excluding ortho intramolecular Hbond substituents is 1. The van der Waals surface area contributed by atoms with Crippen molar-refractivity contribution in [2.24, 2.45) is 11.7 Å². The monoisotopic (exact) mass is 422 g/mol. The van der Waals surface area contributed by atoms with Crippen molar-refractivity contribution in [2.45, 2.75) is 51.2 Å². The molecular weight excluding hydrogens is 388 g/mol. The number of carbonyl (C=O) groups is 2. The van der Waals surface area contributed by atoms with Gasteiger partial charge < -0.3 is 20.3 Å². The van der Waals surface area contributed by atoms with Gasteiger partial charge in [-0.25, -0.2) is 5.43 Å². The number of carbonyl (C=O) groups excluding carboxylic acids is 2. The van der Waals surface area contributed by atoms with Gasteiger partial charge in [-0.3, -0.25) is 19.9 Å². The smallest absolute Gasteiger partial charge is 0.324 e. The summed E-state index contributed by atoms with van der Waals surface area (Å²) in [6, 6.07) is 5.54. The Balaban J connectivity index is 2.03. The number of rotatable bonds is 10. The second kappa shape index (κ2) is 11.8. The molecule has 0 bridgehead atoms. The first-order chi connectivity index (χ1) is 14.3. The second-order valence-corrected chi connectivity index (χ2v) is 7.89. The average molecular weight is 423 g/mol. The van der Waals surface area contributed by atoms with E-state index in [1.54, 1.807) is 18.2 Å². The van der Waals surface area contributed by atoms with Crippen LogP contribution in [0.2, 0.25) is 0 Å². The number of phenols is 1. The van der Waals surface area contributed by atoms with Crippen LogP contribution in [-0.2, 0) is 25.5 Å². The highest BCUT2D eigenvalue weighted by atomic mass is 16.5. The predicted molar refractivity (Wildman–Crippen MR) is 112 cm³/mol. The zero-order chi connectivity index (χ0) is 22.1. The van der Waals surface area contributed by atoms with E-state index in [0.717, 1.165) is 5.56 Å². The Morgan fingerprint density at radius 2 is 2.17 bits per heavy atom. The van der Waals surface area contributed by atoms with Crippen molar-refractivity contribution < 1.29 is 24.2 Å². The fraction of sp³-hybridized carbons (Fsp3) is 0.619. The molecule has 0 aromatic heterocycles. The average Bonchev–Trinajstić information content (AvgIpc) is 2.74. The summed E-state index contributed by atoms with van der Waals surface area (Å²) in [5.41, 5.74) is 9.77. The fourth-order valence-electron chi connectivity index (χ4n) is 3.16. The Labute approximate surface area is 177 Å². The molecular formula is C21H34N4O5. The zero-order valence-corrected chi connectivity index (χ0v) is 18.0. The molecule has 1 amide bonds. The van der Waals surface area contributed by atoms with Crippen LogP contribution in [-0.4, -0.2) is 67.1 Å². The molecule has 9 heteroatoms. The van der Waals surface area contributed by atoms with Crippen LogP contribution in [0.15, 0.2) is 24.3 Å². The normalized spacial score (nSPS) is 18.8. The third-order valence-electron chi connectivity index (χ3n) is 5.18. The van der Waals surface area contributed by atoms with Gasteiger partial charge in [0.1, 0.15) is 11.8 Å². The van der Waals surface area contributed by atoms with E-state index < -0.39 is 18.1 Å². The molecule has 1 fully saturated rings. The first-order valence-corrected chi connectivity index (χ1v) is 10.3. The molecule has 1 aliphatic rings. The van der Waals surface area contributed by atoms with Gasteiger partial charge in [-0.15, -0.1) is 0 Å². The number of nitrogens with one attached hydrogen (secondary N) is 2. The van der Waals surface area contributed by atoms with E-state index in [-0.39, 0.29) is 24.4 Å². The number of benzene rings is 1. The summed E-state index contributed by atoms with van der Waals surface area (Å²) in [6.45, 7) is 5.07. The van der Waals surface area contributed by atoms with Gasteiger partial charge in [0.15, 0.2) is 0 Å². The third kappa shape index (κ3) is 7.24. The molecule has 1 heterocycles. The van der Waals surface area contributed by atoms with E-state index in [1.165, 1.54) is 12.1 Å². The van der Waals surface area contributed by atoms with Crippen LogP contribution in [0, 0.1) is 5.92 Å². The maximum atomic E-state index is 13.2. The summed E-state index contributed by atoms with van der Waals surface area (Å²) in [4.78, 5) is 25.1. The number of methoxy groups -OCH3 is 1. The van der Waals surface area contributed by atoms with E-state index in [1.807, 2.05) is 19.9 Å². The minimum atomic E-state index is -0.606. The van der Waals surface area contributed by atoms with Crippen molar-refractivity contribution in [3.63, 3.8) is 0 Å². The number of nitrogens with two attached hydrogens (primary N) is 1. The summed E-state index contributed by atoms with van der Waals surface area (Å²) in [6.07, 6.45) is 1.66. The standard InChI is InChI=1S/C21H34N4O5/c1-14(2)17(22)12-30-13-23-19(11-15-6-4-7-16(26)10-15)20(27)25-9-5-8-18(24-25)21(28)29-3/h4,6-7,10,14,17-19,23-24,26H,5,8-9,11-13,22H2,1-3H3/t17-,18+,19+/m1/s1. The lowest BCUT2D eigenvalue weighted by Crippen LogP contribution is -2.60. The number of nitrogens with zero attached hydrogens (tertiary/aromatic N) is 1. The fourth-order valence-corrected chi connectivity index (χ4v) is 3.16. The van der Waals surface area contributed by atoms with Crippen molar-refractivity contribution in [1.29, 1.82) is 0 Å². The van der Waals surface area contributed by atoms with Crippen molar-refractivity contribution in [2.75, 3.05) is 27.0 Å². The SMILES string of the molecule is COC(=O)[C@@H]1CCCN(C(=O)[C@H](Cc2cccc(O)c2)NCOC[C@@H](N)C(C)C)N1. The topological polar surface area (TPSA) is 126 Å². The largest absolute Gasteiger partial charge is 0.508 e. The highest BCUT2D eigenvalue weighted by Gasteiger charge is 2.32. The summed E-state index contributed by atoms with van der Waals surface area (Å²) in [7, 11) is 1.33. The Morgan fingerprint density at radius 1 is 1.40 bits per heavy atom. The first-order valence-electron chi connectivity index (χ1n) is 10.3. The number of hydrogen-bond acceptors (Lipinski definition) is 8. The Morgan fingerprint density at radius 3 is 2.83 bits per heavy atom. The number of amides is 1. The van der Waals surface area contributed by atoms with Crippen LogP contribution >= 0.6 is 0 Å². The molecule has 1 aliphatic heterocycles. The molecule has 1 aromatic rings. The molecule has 30 heavy (non-hydrogen) atoms. The van der Waals surface area contributed by atoms with Gasteiger partial charge in [0, 0.05) is 12.6 Å². The minimum Gasteiger partial charge on any atom is -0.508 e. The molecule has 3 atom stereocenters. The molecule has 0 spiro atoms. The third-order valence-corrected chi connectivity index (χ3v) is 5.18. The quantitative estimate of drug-likeness (QED) is 0.244. The van der Waals surface area contributed by atoms with Crippen LogP contribution in [0.4, 0.5) is 0 Å². The van der Waals surface area contributed by atoms with Crippen LogP contribution in [0.25, 0.3) is 0 Å². The van der Waals surface area contributed by atoms with Crippen LogP contribution in [0.5, 0.6) is 5.75 Å². The van der Waals surface area contributed by atoms with Crippen molar-refractivity contribution in [3.8, 4) is 5.75 Å². The molecule has 0 unspecified atom stereocenters. The van der Waals surface area contributed by atoms with Gasteiger partial charge in [-0.05, 0) is 42.9 Å². The maximum absolute atomic E-state index is 13.2. The van der Waals surface area contributed by atoms with Crippen molar-refractivity contribution in [3.05, 3.63) is 29.8 Å². The summed E-state index contributed by atoms with van der Waals surface area (Å²) < 4.78 is 10.4. The second-order valence-electron chi connectivity index (χ2n) is 7.89. The Hall–Kier alpha value is -2.20. The van der Waals surface area contributed by atoms with Gasteiger partial charge in [-0.2, -0.15) is 0 Å².